The minimum absolute atomic E-state index is 0.863. The molecule has 1 aliphatic rings. The topological polar surface area (TPSA) is 25.3 Å². The molecular formula is C56H88N2. The lowest BCUT2D eigenvalue weighted by Crippen LogP contribution is -2.05. The normalized spacial score (nSPS) is 12.7. The molecule has 58 heavy (non-hydrogen) atoms. The van der Waals surface area contributed by atoms with Crippen molar-refractivity contribution in [1.29, 1.82) is 0 Å². The maximum Gasteiger partial charge on any atom is 0.211 e. The zero-order chi connectivity index (χ0) is 41.1. The summed E-state index contributed by atoms with van der Waals surface area (Å²) in [5, 5.41) is 0. The highest BCUT2D eigenvalue weighted by Gasteiger charge is 2.30. The fourth-order valence-electron chi connectivity index (χ4n) is 8.76. The Labute approximate surface area is 360 Å². The number of aryl methyl sites for hydroxylation is 2. The van der Waals surface area contributed by atoms with Crippen molar-refractivity contribution >= 4 is 11.4 Å². The SMILES string of the molecule is CCCCCCCCCCCCCCCCCCCCCCCCC#CCCc1ccccc1C1=C(CCCCCCCC)C=C(c2cccc(CCCC)c2)[N+]1=[N-]. The molecule has 2 aromatic rings. The molecule has 0 amide bonds. The van der Waals surface area contributed by atoms with Gasteiger partial charge in [0.25, 0.3) is 0 Å². The monoisotopic (exact) mass is 789 g/mol. The van der Waals surface area contributed by atoms with Crippen molar-refractivity contribution in [3.05, 3.63) is 88.0 Å². The second kappa shape index (κ2) is 33.9. The lowest BCUT2D eigenvalue weighted by atomic mass is 9.96. The van der Waals surface area contributed by atoms with Crippen molar-refractivity contribution in [2.24, 2.45) is 0 Å². The van der Waals surface area contributed by atoms with Gasteiger partial charge in [-0.3, -0.25) is 0 Å². The average Bonchev–Trinajstić information content (AvgIpc) is 3.57. The number of rotatable bonds is 36. The molecule has 1 aliphatic heterocycles. The Kier molecular flexibility index (Phi) is 28.9. The van der Waals surface area contributed by atoms with Crippen LogP contribution in [0, 0.1) is 11.8 Å². The van der Waals surface area contributed by atoms with Crippen LogP contribution in [0.5, 0.6) is 0 Å². The van der Waals surface area contributed by atoms with Crippen LogP contribution in [0.1, 0.15) is 255 Å². The van der Waals surface area contributed by atoms with Crippen molar-refractivity contribution in [3.63, 3.8) is 0 Å². The van der Waals surface area contributed by atoms with E-state index in [-0.39, 0.29) is 0 Å². The van der Waals surface area contributed by atoms with E-state index in [9.17, 15) is 5.53 Å². The van der Waals surface area contributed by atoms with E-state index in [2.05, 4.69) is 87.2 Å². The van der Waals surface area contributed by atoms with Crippen LogP contribution in [-0.4, -0.2) is 4.70 Å². The van der Waals surface area contributed by atoms with E-state index in [1.165, 1.54) is 208 Å². The van der Waals surface area contributed by atoms with E-state index in [4.69, 9.17) is 0 Å². The molecular weight excluding hydrogens is 701 g/mol. The van der Waals surface area contributed by atoms with E-state index in [1.807, 2.05) is 0 Å². The molecule has 0 atom stereocenters. The van der Waals surface area contributed by atoms with Crippen LogP contribution in [0.25, 0.3) is 16.9 Å². The minimum Gasteiger partial charge on any atom is -0.493 e. The number of unbranched alkanes of at least 4 members (excludes halogenated alkanes) is 28. The van der Waals surface area contributed by atoms with Crippen LogP contribution in [0.15, 0.2) is 60.2 Å². The summed E-state index contributed by atoms with van der Waals surface area (Å²) in [6.45, 7) is 6.83. The molecule has 0 N–H and O–H groups in total. The maximum absolute atomic E-state index is 11.8. The molecule has 0 aromatic heterocycles. The Bertz CT molecular complexity index is 1480. The molecule has 0 radical (unpaired) electrons. The lowest BCUT2D eigenvalue weighted by Gasteiger charge is -2.13. The van der Waals surface area contributed by atoms with Gasteiger partial charge in [-0.2, -0.15) is 0 Å². The van der Waals surface area contributed by atoms with E-state index in [1.54, 1.807) is 0 Å². The molecule has 0 fully saturated rings. The molecule has 0 unspecified atom stereocenters. The standard InChI is InChI=1S/C56H88N2/c1-4-7-10-12-14-15-16-17-18-19-20-21-22-23-24-25-26-27-28-29-30-31-32-33-35-36-43-51-44-38-39-47-54(51)56-53(45-37-34-13-11-8-5-2)49-55(58(56)57)52-46-40-42-50(48-52)41-9-6-3/h38-40,42,44,46-49H,4-32,34,36-37,41,43,45H2,1-3H3. The molecule has 3 rings (SSSR count). The predicted octanol–water partition coefficient (Wildman–Crippen LogP) is 18.5. The van der Waals surface area contributed by atoms with E-state index in [0.717, 1.165) is 61.0 Å². The van der Waals surface area contributed by atoms with Crippen molar-refractivity contribution in [1.82, 2.24) is 0 Å². The Morgan fingerprint density at radius 2 is 0.931 bits per heavy atom. The van der Waals surface area contributed by atoms with Gasteiger partial charge in [-0.25, -0.2) is 4.70 Å². The van der Waals surface area contributed by atoms with Crippen molar-refractivity contribution < 1.29 is 4.70 Å². The van der Waals surface area contributed by atoms with Crippen molar-refractivity contribution in [3.8, 4) is 11.8 Å². The highest BCUT2D eigenvalue weighted by Crippen LogP contribution is 2.39. The first-order chi connectivity index (χ1) is 28.7. The summed E-state index contributed by atoms with van der Waals surface area (Å²) in [4.78, 5) is 0. The molecule has 2 heteroatoms. The van der Waals surface area contributed by atoms with Crippen LogP contribution in [-0.2, 0) is 12.8 Å². The molecule has 2 aromatic carbocycles. The summed E-state index contributed by atoms with van der Waals surface area (Å²) < 4.78 is 1.50. The van der Waals surface area contributed by atoms with Gasteiger partial charge in [0.05, 0.1) is 0 Å². The number of nitrogens with zero attached hydrogens (tertiary/aromatic N) is 2. The Morgan fingerprint density at radius 1 is 0.448 bits per heavy atom. The van der Waals surface area contributed by atoms with Crippen molar-refractivity contribution in [2.45, 2.75) is 245 Å². The Balaban J connectivity index is 1.31. The van der Waals surface area contributed by atoms with Crippen LogP contribution >= 0.6 is 0 Å². The summed E-state index contributed by atoms with van der Waals surface area (Å²) >= 11 is 0. The second-order valence-electron chi connectivity index (χ2n) is 17.7. The Hall–Kier alpha value is -2.92. The third-order valence-corrected chi connectivity index (χ3v) is 12.5. The predicted molar refractivity (Wildman–Crippen MR) is 256 cm³/mol. The van der Waals surface area contributed by atoms with Gasteiger partial charge >= 0.3 is 0 Å². The second-order valence-corrected chi connectivity index (χ2v) is 17.7. The summed E-state index contributed by atoms with van der Waals surface area (Å²) in [5.74, 6) is 6.99. The summed E-state index contributed by atoms with van der Waals surface area (Å²) in [5.41, 5.74) is 19.9. The van der Waals surface area contributed by atoms with Gasteiger partial charge < -0.3 is 5.53 Å². The van der Waals surface area contributed by atoms with Crippen LogP contribution in [0.3, 0.4) is 0 Å². The summed E-state index contributed by atoms with van der Waals surface area (Å²) in [6.07, 6.45) is 48.5. The van der Waals surface area contributed by atoms with Crippen LogP contribution in [0.4, 0.5) is 0 Å². The van der Waals surface area contributed by atoms with Gasteiger partial charge in [0.2, 0.25) is 11.4 Å². The first-order valence-corrected chi connectivity index (χ1v) is 25.3. The zero-order valence-corrected chi connectivity index (χ0v) is 38.3. The first-order valence-electron chi connectivity index (χ1n) is 25.3. The summed E-state index contributed by atoms with van der Waals surface area (Å²) in [6, 6.07) is 17.5. The molecule has 0 bridgehead atoms. The largest absolute Gasteiger partial charge is 0.493 e. The van der Waals surface area contributed by atoms with Crippen LogP contribution < -0.4 is 0 Å². The summed E-state index contributed by atoms with van der Waals surface area (Å²) in [7, 11) is 0. The molecule has 0 spiro atoms. The zero-order valence-electron chi connectivity index (χ0n) is 38.3. The van der Waals surface area contributed by atoms with Gasteiger partial charge in [-0.05, 0) is 67.9 Å². The van der Waals surface area contributed by atoms with Gasteiger partial charge in [-0.15, -0.1) is 11.8 Å². The molecule has 0 saturated heterocycles. The van der Waals surface area contributed by atoms with E-state index < -0.39 is 0 Å². The molecule has 322 valence electrons. The first kappa shape index (κ1) is 49.4. The third-order valence-electron chi connectivity index (χ3n) is 12.5. The molecule has 1 heterocycles. The molecule has 0 saturated carbocycles. The van der Waals surface area contributed by atoms with Gasteiger partial charge in [0.15, 0.2) is 0 Å². The van der Waals surface area contributed by atoms with Gasteiger partial charge in [0.1, 0.15) is 0 Å². The van der Waals surface area contributed by atoms with Gasteiger partial charge in [-0.1, -0.05) is 224 Å². The Morgan fingerprint density at radius 3 is 1.48 bits per heavy atom. The maximum atomic E-state index is 11.8. The molecule has 2 nitrogen and oxygen atoms in total. The number of hydrogen-bond donors (Lipinski definition) is 0. The van der Waals surface area contributed by atoms with E-state index >= 15 is 0 Å². The fraction of sp³-hybridized carbons (Fsp3) is 0.679. The highest BCUT2D eigenvalue weighted by atomic mass is 15.2. The smallest absolute Gasteiger partial charge is 0.211 e. The van der Waals surface area contributed by atoms with E-state index in [0.29, 0.717) is 0 Å². The average molecular weight is 789 g/mol. The quantitative estimate of drug-likeness (QED) is 0.0373. The van der Waals surface area contributed by atoms with Gasteiger partial charge in [0, 0.05) is 35.6 Å². The van der Waals surface area contributed by atoms with Crippen LogP contribution in [0.2, 0.25) is 0 Å². The number of allylic oxidation sites excluding steroid dienone is 2. The highest BCUT2D eigenvalue weighted by molar-refractivity contribution is 5.79. The number of hydrogen-bond acceptors (Lipinski definition) is 0. The third kappa shape index (κ3) is 21.4. The number of benzene rings is 2. The minimum atomic E-state index is 0.863. The molecule has 0 aliphatic carbocycles. The lowest BCUT2D eigenvalue weighted by molar-refractivity contribution is -0.344. The van der Waals surface area contributed by atoms with Crippen molar-refractivity contribution in [2.75, 3.05) is 0 Å². The fourth-order valence-corrected chi connectivity index (χ4v) is 8.76.